The monoisotopic (exact) mass is 491 g/mol. The Bertz CT molecular complexity index is 1220. The molecule has 2 aromatic carbocycles. The van der Waals surface area contributed by atoms with Gasteiger partial charge in [-0.05, 0) is 61.0 Å². The van der Waals surface area contributed by atoms with Gasteiger partial charge in [-0.15, -0.1) is 0 Å². The van der Waals surface area contributed by atoms with Gasteiger partial charge in [0.05, 0.1) is 17.2 Å². The lowest BCUT2D eigenvalue weighted by Gasteiger charge is -2.19. The van der Waals surface area contributed by atoms with Crippen LogP contribution in [-0.4, -0.2) is 44.5 Å². The first-order valence-electron chi connectivity index (χ1n) is 10.2. The number of pyridine rings is 1. The number of nitrogens with zero attached hydrogens (tertiary/aromatic N) is 2. The van der Waals surface area contributed by atoms with Gasteiger partial charge >= 0.3 is 6.61 Å². The number of anilines is 1. The minimum atomic E-state index is -3.83. The molecule has 0 radical (unpaired) electrons. The zero-order chi connectivity index (χ0) is 24.7. The third-order valence-corrected chi connectivity index (χ3v) is 6.03. The van der Waals surface area contributed by atoms with E-state index in [1.54, 1.807) is 20.0 Å². The van der Waals surface area contributed by atoms with Gasteiger partial charge in [-0.25, -0.2) is 8.42 Å². The van der Waals surface area contributed by atoms with Crippen molar-refractivity contribution in [1.82, 2.24) is 9.88 Å². The van der Waals surface area contributed by atoms with Crippen LogP contribution in [0.3, 0.4) is 0 Å². The number of rotatable bonds is 10. The van der Waals surface area contributed by atoms with Crippen molar-refractivity contribution in [2.45, 2.75) is 25.0 Å². The molecule has 0 atom stereocenters. The van der Waals surface area contributed by atoms with Crippen molar-refractivity contribution in [3.8, 4) is 11.5 Å². The minimum absolute atomic E-state index is 0.000472. The lowest BCUT2D eigenvalue weighted by atomic mass is 10.1. The average molecular weight is 492 g/mol. The highest BCUT2D eigenvalue weighted by Gasteiger charge is 2.18. The Morgan fingerprint density at radius 2 is 1.74 bits per heavy atom. The summed E-state index contributed by atoms with van der Waals surface area (Å²) in [6, 6.07) is 13.0. The first-order chi connectivity index (χ1) is 16.2. The highest BCUT2D eigenvalue weighted by Crippen LogP contribution is 2.30. The van der Waals surface area contributed by atoms with E-state index in [0.29, 0.717) is 11.3 Å². The number of ether oxygens (including phenoxy) is 2. The number of nitrogens with one attached hydrogen (secondary N) is 1. The van der Waals surface area contributed by atoms with Gasteiger partial charge in [0.2, 0.25) is 0 Å². The summed E-state index contributed by atoms with van der Waals surface area (Å²) in [5.74, 6) is -0.291. The highest BCUT2D eigenvalue weighted by atomic mass is 32.2. The average Bonchev–Trinajstić information content (AvgIpc) is 2.80. The molecule has 11 heteroatoms. The Morgan fingerprint density at radius 1 is 1.06 bits per heavy atom. The van der Waals surface area contributed by atoms with E-state index in [9.17, 15) is 22.0 Å². The second kappa shape index (κ2) is 10.9. The van der Waals surface area contributed by atoms with E-state index in [4.69, 9.17) is 4.74 Å². The molecule has 34 heavy (non-hydrogen) atoms. The van der Waals surface area contributed by atoms with E-state index in [1.807, 2.05) is 0 Å². The Balaban J connectivity index is 1.70. The molecule has 3 aromatic rings. The normalized spacial score (nSPS) is 11.2. The quantitative estimate of drug-likeness (QED) is 0.458. The summed E-state index contributed by atoms with van der Waals surface area (Å²) in [4.78, 5) is 18.1. The van der Waals surface area contributed by atoms with E-state index < -0.39 is 16.6 Å². The van der Waals surface area contributed by atoms with Crippen molar-refractivity contribution in [2.75, 3.05) is 18.4 Å². The molecule has 0 aliphatic rings. The van der Waals surface area contributed by atoms with Gasteiger partial charge in [-0.2, -0.15) is 8.78 Å². The molecule has 0 fully saturated rings. The molecular weight excluding hydrogens is 468 g/mol. The third-order valence-electron chi connectivity index (χ3n) is 4.63. The lowest BCUT2D eigenvalue weighted by molar-refractivity contribution is -0.0514. The Hall–Kier alpha value is -3.73. The van der Waals surface area contributed by atoms with E-state index in [1.165, 1.54) is 65.8 Å². The van der Waals surface area contributed by atoms with Crippen molar-refractivity contribution >= 4 is 21.6 Å². The molecule has 8 nitrogen and oxygen atoms in total. The fraction of sp³-hybridized carbons (Fsp3) is 0.217. The molecule has 0 bridgehead atoms. The summed E-state index contributed by atoms with van der Waals surface area (Å²) in [6.45, 7) is -0.855. The summed E-state index contributed by atoms with van der Waals surface area (Å²) in [7, 11) is -2.26. The van der Waals surface area contributed by atoms with Crippen LogP contribution in [0.15, 0.2) is 71.9 Å². The molecule has 0 aliphatic heterocycles. The summed E-state index contributed by atoms with van der Waals surface area (Å²) in [5, 5.41) is 0. The number of aromatic nitrogens is 1. The SMILES string of the molecule is CCOc1cc(CN(C)C(=O)c2ccc(S(=O)(=O)Nc3ccncc3)cc2)ccc1OC(F)F. The number of amides is 1. The Kier molecular flexibility index (Phi) is 8.00. The maximum Gasteiger partial charge on any atom is 0.387 e. The lowest BCUT2D eigenvalue weighted by Crippen LogP contribution is -2.26. The molecule has 180 valence electrons. The molecule has 1 aromatic heterocycles. The summed E-state index contributed by atoms with van der Waals surface area (Å²) in [5.41, 5.74) is 1.29. The topological polar surface area (TPSA) is 97.8 Å². The van der Waals surface area contributed by atoms with Crippen LogP contribution in [0.1, 0.15) is 22.8 Å². The second-order valence-electron chi connectivity index (χ2n) is 7.12. The summed E-state index contributed by atoms with van der Waals surface area (Å²) >= 11 is 0. The predicted molar refractivity (Wildman–Crippen MR) is 122 cm³/mol. The molecule has 0 aliphatic carbocycles. The maximum absolute atomic E-state index is 12.8. The van der Waals surface area contributed by atoms with Gasteiger partial charge in [0.15, 0.2) is 11.5 Å². The Labute approximate surface area is 196 Å². The van der Waals surface area contributed by atoms with Gasteiger partial charge in [-0.3, -0.25) is 14.5 Å². The van der Waals surface area contributed by atoms with Crippen molar-refractivity contribution in [3.05, 3.63) is 78.1 Å². The number of hydrogen-bond donors (Lipinski definition) is 1. The number of hydrogen-bond acceptors (Lipinski definition) is 6. The number of sulfonamides is 1. The smallest absolute Gasteiger partial charge is 0.387 e. The van der Waals surface area contributed by atoms with Crippen molar-refractivity contribution in [2.24, 2.45) is 0 Å². The van der Waals surface area contributed by atoms with Gasteiger partial charge in [-0.1, -0.05) is 6.07 Å². The van der Waals surface area contributed by atoms with E-state index in [2.05, 4.69) is 14.4 Å². The highest BCUT2D eigenvalue weighted by molar-refractivity contribution is 7.92. The molecule has 0 unspecified atom stereocenters. The van der Waals surface area contributed by atoms with Crippen LogP contribution in [0.2, 0.25) is 0 Å². The van der Waals surface area contributed by atoms with Crippen LogP contribution in [0.5, 0.6) is 11.5 Å². The molecular formula is C23H23F2N3O5S. The van der Waals surface area contributed by atoms with Crippen LogP contribution < -0.4 is 14.2 Å². The number of carbonyl (C=O) groups excluding carboxylic acids is 1. The molecule has 1 amide bonds. The molecule has 0 saturated heterocycles. The second-order valence-corrected chi connectivity index (χ2v) is 8.80. The molecule has 1 heterocycles. The molecule has 0 spiro atoms. The van der Waals surface area contributed by atoms with Gasteiger partial charge in [0, 0.05) is 31.5 Å². The number of benzene rings is 2. The van der Waals surface area contributed by atoms with E-state index >= 15 is 0 Å². The van der Waals surface area contributed by atoms with Crippen molar-refractivity contribution < 1.29 is 31.5 Å². The summed E-state index contributed by atoms with van der Waals surface area (Å²) in [6.07, 6.45) is 2.93. The molecule has 1 N–H and O–H groups in total. The number of halogens is 2. The summed E-state index contributed by atoms with van der Waals surface area (Å²) < 4.78 is 62.5. The standard InChI is InChI=1S/C23H23F2N3O5S/c1-3-32-21-14-16(4-9-20(21)33-23(24)25)15-28(2)22(29)17-5-7-19(8-6-17)34(30,31)27-18-10-12-26-13-11-18/h4-14,23H,3,15H2,1-2H3,(H,26,27). The third kappa shape index (κ3) is 6.41. The van der Waals surface area contributed by atoms with Gasteiger partial charge < -0.3 is 14.4 Å². The fourth-order valence-corrected chi connectivity index (χ4v) is 4.15. The Morgan fingerprint density at radius 3 is 2.35 bits per heavy atom. The van der Waals surface area contributed by atoms with Crippen molar-refractivity contribution in [3.63, 3.8) is 0 Å². The maximum atomic E-state index is 12.8. The molecule has 0 saturated carbocycles. The largest absolute Gasteiger partial charge is 0.490 e. The number of carbonyl (C=O) groups is 1. The van der Waals surface area contributed by atoms with E-state index in [0.717, 1.165) is 0 Å². The fourth-order valence-electron chi connectivity index (χ4n) is 3.09. The van der Waals surface area contributed by atoms with Crippen LogP contribution in [0.4, 0.5) is 14.5 Å². The van der Waals surface area contributed by atoms with Gasteiger partial charge in [0.25, 0.3) is 15.9 Å². The van der Waals surface area contributed by atoms with Crippen LogP contribution in [0, 0.1) is 0 Å². The first kappa shape index (κ1) is 24.9. The van der Waals surface area contributed by atoms with Gasteiger partial charge in [0.1, 0.15) is 0 Å². The molecule has 3 rings (SSSR count). The minimum Gasteiger partial charge on any atom is -0.490 e. The van der Waals surface area contributed by atoms with Crippen LogP contribution >= 0.6 is 0 Å². The zero-order valence-electron chi connectivity index (χ0n) is 18.4. The predicted octanol–water partition coefficient (Wildman–Crippen LogP) is 4.15. The zero-order valence-corrected chi connectivity index (χ0v) is 19.3. The van der Waals surface area contributed by atoms with Crippen LogP contribution in [0.25, 0.3) is 0 Å². The van der Waals surface area contributed by atoms with E-state index in [-0.39, 0.29) is 41.0 Å². The first-order valence-corrected chi connectivity index (χ1v) is 11.7. The van der Waals surface area contributed by atoms with Crippen LogP contribution in [-0.2, 0) is 16.6 Å². The van der Waals surface area contributed by atoms with Crippen molar-refractivity contribution in [1.29, 1.82) is 0 Å². The number of alkyl halides is 2.